The van der Waals surface area contributed by atoms with Gasteiger partial charge in [-0.2, -0.15) is 0 Å². The van der Waals surface area contributed by atoms with Crippen LogP contribution in [0.15, 0.2) is 48.8 Å². The number of nitrogens with zero attached hydrogens (tertiary/aromatic N) is 2. The number of pyridine rings is 1. The maximum absolute atomic E-state index is 12.3. The van der Waals surface area contributed by atoms with Crippen molar-refractivity contribution in [3.63, 3.8) is 0 Å². The number of ether oxygens (including phenoxy) is 1. The van der Waals surface area contributed by atoms with E-state index in [-0.39, 0.29) is 18.4 Å². The lowest BCUT2D eigenvalue weighted by atomic mass is 10.2. The van der Waals surface area contributed by atoms with Crippen LogP contribution in [0.4, 0.5) is 11.4 Å². The SMILES string of the molecule is COc1ccc(NC(=O)Cn2ccc3c(NC(C)=O)cccc32)cn1. The third kappa shape index (κ3) is 3.77. The molecule has 0 atom stereocenters. The van der Waals surface area contributed by atoms with Gasteiger partial charge in [-0.15, -0.1) is 0 Å². The molecule has 0 aliphatic carbocycles. The summed E-state index contributed by atoms with van der Waals surface area (Å²) in [6.45, 7) is 1.62. The van der Waals surface area contributed by atoms with Gasteiger partial charge in [0.1, 0.15) is 6.54 Å². The Bertz CT molecular complexity index is 916. The second kappa shape index (κ2) is 7.04. The highest BCUT2D eigenvalue weighted by molar-refractivity contribution is 6.01. The number of nitrogens with one attached hydrogen (secondary N) is 2. The van der Waals surface area contributed by atoms with Crippen molar-refractivity contribution in [1.82, 2.24) is 9.55 Å². The first-order valence-corrected chi connectivity index (χ1v) is 7.72. The first kappa shape index (κ1) is 16.5. The van der Waals surface area contributed by atoms with Crippen LogP contribution >= 0.6 is 0 Å². The number of rotatable bonds is 5. The van der Waals surface area contributed by atoms with Crippen molar-refractivity contribution >= 4 is 34.1 Å². The number of benzene rings is 1. The molecular weight excluding hydrogens is 320 g/mol. The van der Waals surface area contributed by atoms with Crippen LogP contribution in [0.2, 0.25) is 0 Å². The van der Waals surface area contributed by atoms with Gasteiger partial charge in [-0.05, 0) is 24.3 Å². The molecule has 0 unspecified atom stereocenters. The molecule has 3 rings (SSSR count). The fourth-order valence-corrected chi connectivity index (χ4v) is 2.59. The van der Waals surface area contributed by atoms with E-state index in [2.05, 4.69) is 15.6 Å². The van der Waals surface area contributed by atoms with Crippen LogP contribution in [0.1, 0.15) is 6.92 Å². The van der Waals surface area contributed by atoms with Crippen molar-refractivity contribution in [3.05, 3.63) is 48.8 Å². The summed E-state index contributed by atoms with van der Waals surface area (Å²) in [6, 6.07) is 10.9. The van der Waals surface area contributed by atoms with E-state index in [1.165, 1.54) is 14.0 Å². The minimum Gasteiger partial charge on any atom is -0.481 e. The lowest BCUT2D eigenvalue weighted by Gasteiger charge is -2.09. The number of amides is 2. The highest BCUT2D eigenvalue weighted by atomic mass is 16.5. The third-order valence-electron chi connectivity index (χ3n) is 3.67. The Morgan fingerprint density at radius 1 is 1.16 bits per heavy atom. The largest absolute Gasteiger partial charge is 0.481 e. The molecule has 25 heavy (non-hydrogen) atoms. The molecule has 1 aromatic carbocycles. The molecule has 2 aromatic heterocycles. The summed E-state index contributed by atoms with van der Waals surface area (Å²) in [5.74, 6) is 0.180. The van der Waals surface area contributed by atoms with E-state index in [1.54, 1.807) is 18.3 Å². The van der Waals surface area contributed by atoms with Gasteiger partial charge in [0.25, 0.3) is 0 Å². The normalized spacial score (nSPS) is 10.5. The summed E-state index contributed by atoms with van der Waals surface area (Å²) < 4.78 is 6.81. The highest BCUT2D eigenvalue weighted by Crippen LogP contribution is 2.24. The number of carbonyl (C=O) groups excluding carboxylic acids is 2. The Morgan fingerprint density at radius 2 is 2.00 bits per heavy atom. The molecule has 0 aliphatic heterocycles. The van der Waals surface area contributed by atoms with E-state index in [1.807, 2.05) is 35.0 Å². The van der Waals surface area contributed by atoms with E-state index >= 15 is 0 Å². The van der Waals surface area contributed by atoms with Gasteiger partial charge in [-0.3, -0.25) is 9.59 Å². The summed E-state index contributed by atoms with van der Waals surface area (Å²) in [6.07, 6.45) is 3.36. The van der Waals surface area contributed by atoms with E-state index < -0.39 is 0 Å². The fourth-order valence-electron chi connectivity index (χ4n) is 2.59. The molecule has 0 saturated heterocycles. The molecule has 0 radical (unpaired) electrons. The Hall–Kier alpha value is -3.35. The highest BCUT2D eigenvalue weighted by Gasteiger charge is 2.10. The van der Waals surface area contributed by atoms with Gasteiger partial charge in [0.2, 0.25) is 17.7 Å². The van der Waals surface area contributed by atoms with Crippen LogP contribution in [-0.2, 0) is 16.1 Å². The number of aromatic nitrogens is 2. The molecule has 0 saturated carbocycles. The average molecular weight is 338 g/mol. The number of hydrogen-bond donors (Lipinski definition) is 2. The molecule has 0 aliphatic rings. The van der Waals surface area contributed by atoms with Crippen LogP contribution in [0.5, 0.6) is 5.88 Å². The number of methoxy groups -OCH3 is 1. The second-order valence-electron chi connectivity index (χ2n) is 5.50. The van der Waals surface area contributed by atoms with Crippen LogP contribution < -0.4 is 15.4 Å². The molecular formula is C18H18N4O3. The molecule has 3 aromatic rings. The molecule has 2 amide bonds. The first-order valence-electron chi connectivity index (χ1n) is 7.72. The number of hydrogen-bond acceptors (Lipinski definition) is 4. The maximum atomic E-state index is 12.3. The van der Waals surface area contributed by atoms with Gasteiger partial charge in [-0.25, -0.2) is 4.98 Å². The monoisotopic (exact) mass is 338 g/mol. The number of carbonyl (C=O) groups is 2. The van der Waals surface area contributed by atoms with E-state index in [0.29, 0.717) is 11.6 Å². The zero-order valence-electron chi connectivity index (χ0n) is 13.9. The lowest BCUT2D eigenvalue weighted by Crippen LogP contribution is -2.18. The average Bonchev–Trinajstić information content (AvgIpc) is 2.99. The number of fused-ring (bicyclic) bond motifs is 1. The predicted octanol–water partition coefficient (Wildman–Crippen LogP) is 2.64. The fraction of sp³-hybridized carbons (Fsp3) is 0.167. The van der Waals surface area contributed by atoms with Gasteiger partial charge in [0.15, 0.2) is 0 Å². The Balaban J connectivity index is 1.75. The Kier molecular flexibility index (Phi) is 4.65. The number of anilines is 2. The van der Waals surface area contributed by atoms with E-state index in [9.17, 15) is 9.59 Å². The molecule has 0 bridgehead atoms. The van der Waals surface area contributed by atoms with Gasteiger partial charge in [-0.1, -0.05) is 6.07 Å². The minimum absolute atomic E-state index is 0.134. The minimum atomic E-state index is -0.172. The van der Waals surface area contributed by atoms with Crippen LogP contribution in [0.25, 0.3) is 10.9 Å². The first-order chi connectivity index (χ1) is 12.1. The van der Waals surface area contributed by atoms with Gasteiger partial charge < -0.3 is 19.9 Å². The molecule has 128 valence electrons. The summed E-state index contributed by atoms with van der Waals surface area (Å²) in [7, 11) is 1.53. The lowest BCUT2D eigenvalue weighted by molar-refractivity contribution is -0.116. The third-order valence-corrected chi connectivity index (χ3v) is 3.67. The molecule has 7 nitrogen and oxygen atoms in total. The predicted molar refractivity (Wildman–Crippen MR) is 95.7 cm³/mol. The summed E-state index contributed by atoms with van der Waals surface area (Å²) in [4.78, 5) is 27.6. The van der Waals surface area contributed by atoms with E-state index in [0.717, 1.165) is 16.6 Å². The van der Waals surface area contributed by atoms with Gasteiger partial charge in [0.05, 0.1) is 30.2 Å². The van der Waals surface area contributed by atoms with Gasteiger partial charge in [0, 0.05) is 24.6 Å². The topological polar surface area (TPSA) is 85.2 Å². The summed E-state index contributed by atoms with van der Waals surface area (Å²) >= 11 is 0. The van der Waals surface area contributed by atoms with Crippen molar-refractivity contribution in [2.24, 2.45) is 0 Å². The molecule has 0 spiro atoms. The molecule has 2 heterocycles. The van der Waals surface area contributed by atoms with Crippen LogP contribution in [0, 0.1) is 0 Å². The zero-order chi connectivity index (χ0) is 17.8. The van der Waals surface area contributed by atoms with Gasteiger partial charge >= 0.3 is 0 Å². The molecule has 0 fully saturated rings. The summed E-state index contributed by atoms with van der Waals surface area (Å²) in [5, 5.41) is 6.47. The van der Waals surface area contributed by atoms with Crippen molar-refractivity contribution in [2.45, 2.75) is 13.5 Å². The second-order valence-corrected chi connectivity index (χ2v) is 5.50. The van der Waals surface area contributed by atoms with Crippen molar-refractivity contribution in [3.8, 4) is 5.88 Å². The zero-order valence-corrected chi connectivity index (χ0v) is 13.9. The maximum Gasteiger partial charge on any atom is 0.244 e. The smallest absolute Gasteiger partial charge is 0.244 e. The Morgan fingerprint density at radius 3 is 2.68 bits per heavy atom. The summed E-state index contributed by atoms with van der Waals surface area (Å²) in [5.41, 5.74) is 2.19. The Labute approximate surface area is 144 Å². The molecule has 2 N–H and O–H groups in total. The van der Waals surface area contributed by atoms with Crippen LogP contribution in [0.3, 0.4) is 0 Å². The van der Waals surface area contributed by atoms with Crippen molar-refractivity contribution in [1.29, 1.82) is 0 Å². The quantitative estimate of drug-likeness (QED) is 0.749. The standard InChI is InChI=1S/C18H18N4O3/c1-12(23)20-15-4-3-5-16-14(15)8-9-22(16)11-17(24)21-13-6-7-18(25-2)19-10-13/h3-10H,11H2,1-2H3,(H,20,23)(H,21,24). The van der Waals surface area contributed by atoms with Crippen LogP contribution in [-0.4, -0.2) is 28.5 Å². The van der Waals surface area contributed by atoms with E-state index in [4.69, 9.17) is 4.74 Å². The molecule has 7 heteroatoms. The van der Waals surface area contributed by atoms with Crippen molar-refractivity contribution < 1.29 is 14.3 Å². The van der Waals surface area contributed by atoms with Crippen molar-refractivity contribution in [2.75, 3.05) is 17.7 Å².